The lowest BCUT2D eigenvalue weighted by Crippen LogP contribution is -2.32. The topological polar surface area (TPSA) is 46.9 Å². The molecule has 0 saturated carbocycles. The fourth-order valence-corrected chi connectivity index (χ4v) is 3.68. The number of rotatable bonds is 7. The van der Waals surface area contributed by atoms with E-state index in [2.05, 4.69) is 24.1 Å². The van der Waals surface area contributed by atoms with Crippen LogP contribution in [0.1, 0.15) is 49.9 Å². The Hall–Kier alpha value is -2.14. The first-order valence-corrected chi connectivity index (χ1v) is 9.34. The zero-order valence-corrected chi connectivity index (χ0v) is 15.0. The van der Waals surface area contributed by atoms with E-state index in [0.29, 0.717) is 5.56 Å². The largest absolute Gasteiger partial charge is 0.350 e. The van der Waals surface area contributed by atoms with Gasteiger partial charge in [0.05, 0.1) is 10.2 Å². The average molecular weight is 341 g/mol. The lowest BCUT2D eigenvalue weighted by atomic mass is 10.1. The maximum absolute atomic E-state index is 12.4. The third-order valence-corrected chi connectivity index (χ3v) is 5.11. The van der Waals surface area contributed by atoms with Crippen molar-refractivity contribution in [3.8, 4) is 5.13 Å². The van der Waals surface area contributed by atoms with Gasteiger partial charge >= 0.3 is 0 Å². The van der Waals surface area contributed by atoms with Crippen molar-refractivity contribution in [3.63, 3.8) is 0 Å². The smallest absolute Gasteiger partial charge is 0.251 e. The maximum atomic E-state index is 12.4. The van der Waals surface area contributed by atoms with Crippen LogP contribution in [0.3, 0.4) is 0 Å². The molecule has 0 aliphatic rings. The van der Waals surface area contributed by atoms with E-state index < -0.39 is 0 Å². The van der Waals surface area contributed by atoms with Gasteiger partial charge in [-0.15, -0.1) is 0 Å². The van der Waals surface area contributed by atoms with Gasteiger partial charge in [-0.1, -0.05) is 37.5 Å². The van der Waals surface area contributed by atoms with Crippen molar-refractivity contribution in [2.75, 3.05) is 0 Å². The molecule has 1 N–H and O–H groups in total. The van der Waals surface area contributed by atoms with Crippen LogP contribution in [0.25, 0.3) is 15.3 Å². The summed E-state index contributed by atoms with van der Waals surface area (Å²) in [6, 6.07) is 9.88. The summed E-state index contributed by atoms with van der Waals surface area (Å²) in [5.74, 6) is -0.00295. The summed E-state index contributed by atoms with van der Waals surface area (Å²) in [6.07, 6.45) is 8.56. The molecule has 2 aromatic heterocycles. The van der Waals surface area contributed by atoms with Gasteiger partial charge in [0.2, 0.25) is 0 Å². The third-order valence-electron chi connectivity index (χ3n) is 4.08. The molecule has 0 radical (unpaired) electrons. The van der Waals surface area contributed by atoms with Gasteiger partial charge < -0.3 is 9.88 Å². The second-order valence-electron chi connectivity index (χ2n) is 6.14. The highest BCUT2D eigenvalue weighted by Gasteiger charge is 2.12. The van der Waals surface area contributed by atoms with Crippen LogP contribution in [0, 0.1) is 0 Å². The van der Waals surface area contributed by atoms with Crippen molar-refractivity contribution in [2.24, 2.45) is 0 Å². The number of unbranched alkanes of at least 4 members (excludes halogenated alkanes) is 2. The molecular weight excluding hydrogens is 318 g/mol. The number of fused-ring (bicyclic) bond motifs is 1. The lowest BCUT2D eigenvalue weighted by Gasteiger charge is -2.13. The van der Waals surface area contributed by atoms with Crippen LogP contribution in [0.15, 0.2) is 42.7 Å². The summed E-state index contributed by atoms with van der Waals surface area (Å²) in [5, 5.41) is 4.01. The quantitative estimate of drug-likeness (QED) is 0.628. The Labute approximate surface area is 146 Å². The summed E-state index contributed by atoms with van der Waals surface area (Å²) >= 11 is 1.59. The van der Waals surface area contributed by atoms with Crippen LogP contribution in [0.2, 0.25) is 0 Å². The van der Waals surface area contributed by atoms with Crippen molar-refractivity contribution >= 4 is 27.5 Å². The minimum absolute atomic E-state index is 0.00295. The second-order valence-corrected chi connectivity index (χ2v) is 7.15. The normalized spacial score (nSPS) is 12.4. The molecule has 126 valence electrons. The Morgan fingerprint density at radius 3 is 2.83 bits per heavy atom. The molecule has 0 aliphatic heterocycles. The molecule has 3 rings (SSSR count). The standard InChI is InChI=1S/C19H23N3OS/c1-3-4-5-8-14(2)20-18(23)15-9-10-16-17(13-15)24-19(21-16)22-11-6-7-12-22/h6-7,9-14H,3-5,8H2,1-2H3,(H,20,23)/t14-/m1/s1. The highest BCUT2D eigenvalue weighted by molar-refractivity contribution is 7.20. The van der Waals surface area contributed by atoms with Crippen molar-refractivity contribution in [1.82, 2.24) is 14.9 Å². The Morgan fingerprint density at radius 1 is 1.29 bits per heavy atom. The maximum Gasteiger partial charge on any atom is 0.251 e. The Bertz CT molecular complexity index is 807. The van der Waals surface area contributed by atoms with Gasteiger partial charge in [0.1, 0.15) is 0 Å². The van der Waals surface area contributed by atoms with Gasteiger partial charge in [0.25, 0.3) is 5.91 Å². The first kappa shape index (κ1) is 16.7. The average Bonchev–Trinajstić information content (AvgIpc) is 3.23. The van der Waals surface area contributed by atoms with E-state index >= 15 is 0 Å². The van der Waals surface area contributed by atoms with Crippen molar-refractivity contribution in [2.45, 2.75) is 45.6 Å². The summed E-state index contributed by atoms with van der Waals surface area (Å²) in [7, 11) is 0. The molecule has 4 nitrogen and oxygen atoms in total. The molecule has 1 amide bonds. The molecular formula is C19H23N3OS. The lowest BCUT2D eigenvalue weighted by molar-refractivity contribution is 0.0938. The summed E-state index contributed by atoms with van der Waals surface area (Å²) in [6.45, 7) is 4.26. The molecule has 0 aliphatic carbocycles. The van der Waals surface area contributed by atoms with Gasteiger partial charge in [-0.2, -0.15) is 0 Å². The van der Waals surface area contributed by atoms with Crippen molar-refractivity contribution < 1.29 is 4.79 Å². The van der Waals surface area contributed by atoms with Crippen LogP contribution in [-0.4, -0.2) is 21.5 Å². The number of nitrogens with zero attached hydrogens (tertiary/aromatic N) is 2. The SMILES string of the molecule is CCCCC[C@@H](C)NC(=O)c1ccc2nc(-n3cccc3)sc2c1. The van der Waals surface area contributed by atoms with E-state index in [1.54, 1.807) is 11.3 Å². The molecule has 0 bridgehead atoms. The van der Waals surface area contributed by atoms with E-state index in [1.807, 2.05) is 47.3 Å². The molecule has 1 aromatic carbocycles. The molecule has 3 aromatic rings. The van der Waals surface area contributed by atoms with E-state index in [4.69, 9.17) is 0 Å². The molecule has 2 heterocycles. The molecule has 0 fully saturated rings. The number of carbonyl (C=O) groups is 1. The number of nitrogens with one attached hydrogen (secondary N) is 1. The van der Waals surface area contributed by atoms with Gasteiger partial charge in [0, 0.05) is 24.0 Å². The number of aromatic nitrogens is 2. The van der Waals surface area contributed by atoms with Gasteiger partial charge in [-0.3, -0.25) is 4.79 Å². The minimum Gasteiger partial charge on any atom is -0.350 e. The van der Waals surface area contributed by atoms with Crippen LogP contribution < -0.4 is 5.32 Å². The number of benzene rings is 1. The Morgan fingerprint density at radius 2 is 2.08 bits per heavy atom. The zero-order valence-electron chi connectivity index (χ0n) is 14.2. The zero-order chi connectivity index (χ0) is 16.9. The van der Waals surface area contributed by atoms with Gasteiger partial charge in [-0.05, 0) is 43.7 Å². The van der Waals surface area contributed by atoms with E-state index in [9.17, 15) is 4.79 Å². The third kappa shape index (κ3) is 3.85. The Kier molecular flexibility index (Phi) is 5.30. The van der Waals surface area contributed by atoms with E-state index in [0.717, 1.165) is 28.2 Å². The molecule has 1 atom stereocenters. The summed E-state index contributed by atoms with van der Waals surface area (Å²) < 4.78 is 3.02. The van der Waals surface area contributed by atoms with Crippen molar-refractivity contribution in [3.05, 3.63) is 48.3 Å². The number of hydrogen-bond acceptors (Lipinski definition) is 3. The van der Waals surface area contributed by atoms with Crippen molar-refractivity contribution in [1.29, 1.82) is 0 Å². The highest BCUT2D eigenvalue weighted by Crippen LogP contribution is 2.26. The first-order chi connectivity index (χ1) is 11.7. The summed E-state index contributed by atoms with van der Waals surface area (Å²) in [5.41, 5.74) is 1.63. The predicted molar refractivity (Wildman–Crippen MR) is 100 cm³/mol. The fraction of sp³-hybridized carbons (Fsp3) is 0.368. The molecule has 24 heavy (non-hydrogen) atoms. The Balaban J connectivity index is 1.72. The first-order valence-electron chi connectivity index (χ1n) is 8.52. The van der Waals surface area contributed by atoms with Crippen LogP contribution in [-0.2, 0) is 0 Å². The number of thiazole rings is 1. The second kappa shape index (κ2) is 7.62. The molecule has 5 heteroatoms. The van der Waals surface area contributed by atoms with Crippen LogP contribution >= 0.6 is 11.3 Å². The number of amides is 1. The van der Waals surface area contributed by atoms with E-state index in [-0.39, 0.29) is 11.9 Å². The monoisotopic (exact) mass is 341 g/mol. The fourth-order valence-electron chi connectivity index (χ4n) is 2.71. The molecule has 0 unspecified atom stereocenters. The van der Waals surface area contributed by atoms with E-state index in [1.165, 1.54) is 12.8 Å². The summed E-state index contributed by atoms with van der Waals surface area (Å²) in [4.78, 5) is 17.1. The molecule has 0 saturated heterocycles. The number of hydrogen-bond donors (Lipinski definition) is 1. The van der Waals surface area contributed by atoms with Crippen LogP contribution in [0.4, 0.5) is 0 Å². The minimum atomic E-state index is -0.00295. The predicted octanol–water partition coefficient (Wildman–Crippen LogP) is 4.79. The van der Waals surface area contributed by atoms with Crippen LogP contribution in [0.5, 0.6) is 0 Å². The highest BCUT2D eigenvalue weighted by atomic mass is 32.1. The van der Waals surface area contributed by atoms with Gasteiger partial charge in [0.15, 0.2) is 5.13 Å². The van der Waals surface area contributed by atoms with Gasteiger partial charge in [-0.25, -0.2) is 4.98 Å². The molecule has 0 spiro atoms. The number of carbonyl (C=O) groups excluding carboxylic acids is 1.